The van der Waals surface area contributed by atoms with Gasteiger partial charge >= 0.3 is 0 Å². The van der Waals surface area contributed by atoms with Crippen LogP contribution < -0.4 is 11.1 Å². The van der Waals surface area contributed by atoms with Crippen molar-refractivity contribution in [2.24, 2.45) is 0 Å². The van der Waals surface area contributed by atoms with Crippen molar-refractivity contribution in [3.8, 4) is 0 Å². The van der Waals surface area contributed by atoms with Crippen LogP contribution in [0.15, 0.2) is 54.9 Å². The Bertz CT molecular complexity index is 771. The van der Waals surface area contributed by atoms with Gasteiger partial charge in [0.05, 0.1) is 6.61 Å². The maximum Gasteiger partial charge on any atom is 0.0733 e. The molecule has 4 heteroatoms. The summed E-state index contributed by atoms with van der Waals surface area (Å²) in [5.41, 5.74) is 9.88. The molecule has 3 rings (SSSR count). The Morgan fingerprint density at radius 1 is 1.05 bits per heavy atom. The second-order valence-electron chi connectivity index (χ2n) is 4.84. The first-order valence-corrected chi connectivity index (χ1v) is 6.75. The van der Waals surface area contributed by atoms with E-state index in [1.165, 1.54) is 0 Å². The normalized spacial score (nSPS) is 10.7. The van der Waals surface area contributed by atoms with Crippen LogP contribution in [0.5, 0.6) is 0 Å². The number of rotatable bonds is 4. The van der Waals surface area contributed by atoms with Crippen molar-refractivity contribution in [1.82, 2.24) is 4.98 Å². The molecule has 1 heterocycles. The van der Waals surface area contributed by atoms with Gasteiger partial charge in [0.25, 0.3) is 0 Å². The van der Waals surface area contributed by atoms with E-state index < -0.39 is 0 Å². The van der Waals surface area contributed by atoms with Crippen LogP contribution in [-0.2, 0) is 11.3 Å². The van der Waals surface area contributed by atoms with Crippen LogP contribution in [-0.4, -0.2) is 12.1 Å². The topological polar surface area (TPSA) is 60.2 Å². The first kappa shape index (κ1) is 13.4. The summed E-state index contributed by atoms with van der Waals surface area (Å²) in [5, 5.41) is 5.46. The fourth-order valence-corrected chi connectivity index (χ4v) is 2.39. The maximum absolute atomic E-state index is 6.02. The molecule has 0 amide bonds. The monoisotopic (exact) mass is 279 g/mol. The first-order valence-electron chi connectivity index (χ1n) is 6.75. The van der Waals surface area contributed by atoms with E-state index in [4.69, 9.17) is 10.5 Å². The zero-order chi connectivity index (χ0) is 14.7. The number of hydrogen-bond donors (Lipinski definition) is 2. The number of hydrogen-bond acceptors (Lipinski definition) is 4. The van der Waals surface area contributed by atoms with Gasteiger partial charge in [0.15, 0.2) is 0 Å². The molecule has 4 nitrogen and oxygen atoms in total. The summed E-state index contributed by atoms with van der Waals surface area (Å²) in [5.74, 6) is 0. The zero-order valence-electron chi connectivity index (χ0n) is 11.8. The minimum absolute atomic E-state index is 0.564. The van der Waals surface area contributed by atoms with Crippen molar-refractivity contribution < 1.29 is 4.74 Å². The van der Waals surface area contributed by atoms with Crippen molar-refractivity contribution in [3.63, 3.8) is 0 Å². The van der Waals surface area contributed by atoms with Gasteiger partial charge in [0.1, 0.15) is 0 Å². The Kier molecular flexibility index (Phi) is 3.71. The number of nitrogen functional groups attached to an aromatic ring is 1. The smallest absolute Gasteiger partial charge is 0.0733 e. The molecule has 0 spiro atoms. The van der Waals surface area contributed by atoms with E-state index in [-0.39, 0.29) is 0 Å². The predicted molar refractivity (Wildman–Crippen MR) is 86.6 cm³/mol. The van der Waals surface area contributed by atoms with E-state index in [0.29, 0.717) is 6.61 Å². The third kappa shape index (κ3) is 2.66. The summed E-state index contributed by atoms with van der Waals surface area (Å²) in [6.07, 6.45) is 3.58. The summed E-state index contributed by atoms with van der Waals surface area (Å²) in [6.45, 7) is 0.564. The van der Waals surface area contributed by atoms with Gasteiger partial charge in [-0.1, -0.05) is 18.2 Å². The second-order valence-corrected chi connectivity index (χ2v) is 4.84. The van der Waals surface area contributed by atoms with Gasteiger partial charge in [0, 0.05) is 52.9 Å². The van der Waals surface area contributed by atoms with E-state index in [2.05, 4.69) is 10.3 Å². The molecular formula is C17H17N3O. The molecule has 3 aromatic rings. The molecule has 0 fully saturated rings. The minimum atomic E-state index is 0.564. The second kappa shape index (κ2) is 5.81. The molecule has 0 radical (unpaired) electrons. The highest BCUT2D eigenvalue weighted by atomic mass is 16.5. The van der Waals surface area contributed by atoms with Gasteiger partial charge in [-0.3, -0.25) is 4.98 Å². The number of para-hydroxylation sites is 1. The van der Waals surface area contributed by atoms with E-state index >= 15 is 0 Å². The highest BCUT2D eigenvalue weighted by Gasteiger charge is 2.07. The molecular weight excluding hydrogens is 262 g/mol. The molecule has 0 unspecified atom stereocenters. The lowest BCUT2D eigenvalue weighted by Crippen LogP contribution is -1.99. The Hall–Kier alpha value is -2.59. The molecule has 0 aliphatic rings. The summed E-state index contributed by atoms with van der Waals surface area (Å²) >= 11 is 0. The molecule has 0 aliphatic heterocycles. The molecule has 106 valence electrons. The number of fused-ring (bicyclic) bond motifs is 1. The molecule has 3 N–H and O–H groups in total. The van der Waals surface area contributed by atoms with Gasteiger partial charge in [0.2, 0.25) is 0 Å². The van der Waals surface area contributed by atoms with Crippen molar-refractivity contribution in [1.29, 1.82) is 0 Å². The third-order valence-electron chi connectivity index (χ3n) is 3.44. The number of nitrogens with zero attached hydrogens (tertiary/aromatic N) is 1. The molecule has 0 aliphatic carbocycles. The van der Waals surface area contributed by atoms with Crippen LogP contribution in [0.3, 0.4) is 0 Å². The highest BCUT2D eigenvalue weighted by molar-refractivity contribution is 6.01. The number of anilines is 3. The lowest BCUT2D eigenvalue weighted by molar-refractivity contribution is 0.185. The Balaban J connectivity index is 2.05. The SMILES string of the molecule is COCc1ccccc1Nc1ccc(N)c2ccncc12. The van der Waals surface area contributed by atoms with Crippen LogP contribution in [0.1, 0.15) is 5.56 Å². The summed E-state index contributed by atoms with van der Waals surface area (Å²) < 4.78 is 5.24. The fraction of sp³-hybridized carbons (Fsp3) is 0.118. The molecule has 2 aromatic carbocycles. The minimum Gasteiger partial charge on any atom is -0.398 e. The molecule has 0 bridgehead atoms. The lowest BCUT2D eigenvalue weighted by Gasteiger charge is -2.14. The zero-order valence-corrected chi connectivity index (χ0v) is 11.8. The number of benzene rings is 2. The van der Waals surface area contributed by atoms with Gasteiger partial charge in [-0.25, -0.2) is 0 Å². The number of nitrogens with two attached hydrogens (primary N) is 1. The van der Waals surface area contributed by atoms with E-state index in [9.17, 15) is 0 Å². The number of methoxy groups -OCH3 is 1. The summed E-state index contributed by atoms with van der Waals surface area (Å²) in [4.78, 5) is 4.19. The van der Waals surface area contributed by atoms with Crippen molar-refractivity contribution in [2.75, 3.05) is 18.2 Å². The highest BCUT2D eigenvalue weighted by Crippen LogP contribution is 2.30. The predicted octanol–water partition coefficient (Wildman–Crippen LogP) is 3.71. The lowest BCUT2D eigenvalue weighted by atomic mass is 10.1. The molecule has 0 saturated heterocycles. The van der Waals surface area contributed by atoms with E-state index in [1.807, 2.05) is 48.7 Å². The number of ether oxygens (including phenoxy) is 1. The Morgan fingerprint density at radius 2 is 1.90 bits per heavy atom. The average molecular weight is 279 g/mol. The van der Waals surface area contributed by atoms with Gasteiger partial charge in [-0.2, -0.15) is 0 Å². The standard InChI is InChI=1S/C17H17N3O/c1-21-11-12-4-2-3-5-16(12)20-17-7-6-15(18)13-8-9-19-10-14(13)17/h2-10,20H,11,18H2,1H3. The van der Waals surface area contributed by atoms with Crippen molar-refractivity contribution in [2.45, 2.75) is 6.61 Å². The summed E-state index contributed by atoms with van der Waals surface area (Å²) in [7, 11) is 1.69. The van der Waals surface area contributed by atoms with Gasteiger partial charge < -0.3 is 15.8 Å². The first-order chi connectivity index (χ1) is 10.3. The molecule has 0 atom stereocenters. The van der Waals surface area contributed by atoms with Crippen molar-refractivity contribution in [3.05, 3.63) is 60.4 Å². The Morgan fingerprint density at radius 3 is 2.76 bits per heavy atom. The van der Waals surface area contributed by atoms with Crippen LogP contribution in [0, 0.1) is 0 Å². The van der Waals surface area contributed by atoms with Gasteiger partial charge in [-0.05, 0) is 24.3 Å². The van der Waals surface area contributed by atoms with Crippen molar-refractivity contribution >= 4 is 27.8 Å². The molecule has 0 saturated carbocycles. The number of pyridine rings is 1. The number of aromatic nitrogens is 1. The quantitative estimate of drug-likeness (QED) is 0.715. The van der Waals surface area contributed by atoms with E-state index in [0.717, 1.165) is 33.4 Å². The van der Waals surface area contributed by atoms with Crippen LogP contribution in [0.25, 0.3) is 10.8 Å². The Labute approximate surface area is 123 Å². The maximum atomic E-state index is 6.02. The molecule has 21 heavy (non-hydrogen) atoms. The van der Waals surface area contributed by atoms with E-state index in [1.54, 1.807) is 13.3 Å². The third-order valence-corrected chi connectivity index (χ3v) is 3.44. The number of nitrogens with one attached hydrogen (secondary N) is 1. The van der Waals surface area contributed by atoms with Crippen LogP contribution in [0.4, 0.5) is 17.1 Å². The largest absolute Gasteiger partial charge is 0.398 e. The van der Waals surface area contributed by atoms with Crippen LogP contribution >= 0.6 is 0 Å². The van der Waals surface area contributed by atoms with Crippen LogP contribution in [0.2, 0.25) is 0 Å². The van der Waals surface area contributed by atoms with Gasteiger partial charge in [-0.15, -0.1) is 0 Å². The molecule has 1 aromatic heterocycles. The summed E-state index contributed by atoms with van der Waals surface area (Å²) in [6, 6.07) is 13.9. The average Bonchev–Trinajstić information content (AvgIpc) is 2.52. The fourth-order valence-electron chi connectivity index (χ4n) is 2.39.